The highest BCUT2D eigenvalue weighted by Gasteiger charge is 2.23. The van der Waals surface area contributed by atoms with Crippen molar-refractivity contribution in [1.29, 1.82) is 0 Å². The van der Waals surface area contributed by atoms with Crippen LogP contribution in [0.1, 0.15) is 33.6 Å². The third-order valence-electron chi connectivity index (χ3n) is 3.41. The van der Waals surface area contributed by atoms with Gasteiger partial charge in [-0.05, 0) is 37.7 Å². The topological polar surface area (TPSA) is 15.3 Å². The quantitative estimate of drug-likeness (QED) is 0.772. The minimum absolute atomic E-state index is 0.713. The molecule has 0 bridgehead atoms. The zero-order valence-electron chi connectivity index (χ0n) is 11.3. The summed E-state index contributed by atoms with van der Waals surface area (Å²) in [5.74, 6) is 2.10. The van der Waals surface area contributed by atoms with Gasteiger partial charge in [-0.3, -0.25) is 4.90 Å². The van der Waals surface area contributed by atoms with Crippen LogP contribution in [0.3, 0.4) is 0 Å². The highest BCUT2D eigenvalue weighted by molar-refractivity contribution is 7.98. The summed E-state index contributed by atoms with van der Waals surface area (Å²) >= 11 is 1.96. The van der Waals surface area contributed by atoms with Gasteiger partial charge in [0, 0.05) is 31.7 Å². The summed E-state index contributed by atoms with van der Waals surface area (Å²) in [7, 11) is 0. The lowest BCUT2D eigenvalue weighted by molar-refractivity contribution is 0.141. The molecule has 2 atom stereocenters. The maximum absolute atomic E-state index is 3.64. The normalized spacial score (nSPS) is 24.9. The molecule has 1 fully saturated rings. The molecule has 1 aliphatic heterocycles. The number of rotatable bonds is 6. The Labute approximate surface area is 106 Å². The van der Waals surface area contributed by atoms with Crippen molar-refractivity contribution in [2.75, 3.05) is 31.6 Å². The molecular formula is C13H28N2S. The Morgan fingerprint density at radius 1 is 1.38 bits per heavy atom. The van der Waals surface area contributed by atoms with E-state index in [0.29, 0.717) is 6.04 Å². The molecule has 0 amide bonds. The average Bonchev–Trinajstić information content (AvgIpc) is 2.25. The third kappa shape index (κ3) is 5.07. The Bertz CT molecular complexity index is 185. The molecule has 0 aromatic heterocycles. The smallest absolute Gasteiger partial charge is 0.0198 e. The number of hydrogen-bond acceptors (Lipinski definition) is 3. The second-order valence-electron chi connectivity index (χ2n) is 5.41. The molecule has 1 heterocycles. The molecular weight excluding hydrogens is 216 g/mol. The van der Waals surface area contributed by atoms with E-state index >= 15 is 0 Å². The van der Waals surface area contributed by atoms with Crippen LogP contribution in [0.15, 0.2) is 0 Å². The molecule has 0 saturated carbocycles. The first-order valence-electron chi connectivity index (χ1n) is 6.59. The molecule has 3 heteroatoms. The standard InChI is InChI=1S/C13H28N2S/c1-11(2)9-13-10-15(7-6-14-13)12(3)5-8-16-4/h11-14H,5-10H2,1-4H3. The second-order valence-corrected chi connectivity index (χ2v) is 6.39. The highest BCUT2D eigenvalue weighted by atomic mass is 32.2. The lowest BCUT2D eigenvalue weighted by Crippen LogP contribution is -2.53. The Morgan fingerprint density at radius 3 is 2.75 bits per heavy atom. The van der Waals surface area contributed by atoms with Gasteiger partial charge >= 0.3 is 0 Å². The Balaban J connectivity index is 2.31. The summed E-state index contributed by atoms with van der Waals surface area (Å²) in [5, 5.41) is 3.64. The molecule has 2 nitrogen and oxygen atoms in total. The summed E-state index contributed by atoms with van der Waals surface area (Å²) < 4.78 is 0. The fourth-order valence-corrected chi connectivity index (χ4v) is 3.03. The number of hydrogen-bond donors (Lipinski definition) is 1. The van der Waals surface area contributed by atoms with Gasteiger partial charge < -0.3 is 5.32 Å². The maximum atomic E-state index is 3.64. The van der Waals surface area contributed by atoms with Crippen molar-refractivity contribution in [3.8, 4) is 0 Å². The number of piperazine rings is 1. The van der Waals surface area contributed by atoms with E-state index in [1.165, 1.54) is 38.2 Å². The first kappa shape index (κ1) is 14.3. The van der Waals surface area contributed by atoms with Crippen molar-refractivity contribution in [1.82, 2.24) is 10.2 Å². The zero-order valence-corrected chi connectivity index (χ0v) is 12.1. The van der Waals surface area contributed by atoms with Crippen LogP contribution >= 0.6 is 11.8 Å². The number of nitrogens with zero attached hydrogens (tertiary/aromatic N) is 1. The SMILES string of the molecule is CSCCC(C)N1CCNC(CC(C)C)C1. The lowest BCUT2D eigenvalue weighted by atomic mass is 10.0. The van der Waals surface area contributed by atoms with Crippen LogP contribution in [0.4, 0.5) is 0 Å². The summed E-state index contributed by atoms with van der Waals surface area (Å²) in [6.07, 6.45) is 4.84. The molecule has 0 spiro atoms. The molecule has 16 heavy (non-hydrogen) atoms. The fraction of sp³-hybridized carbons (Fsp3) is 1.00. The minimum atomic E-state index is 0.713. The van der Waals surface area contributed by atoms with Gasteiger partial charge in [0.05, 0.1) is 0 Å². The van der Waals surface area contributed by atoms with Crippen LogP contribution in [-0.2, 0) is 0 Å². The molecule has 1 rings (SSSR count). The van der Waals surface area contributed by atoms with Crippen molar-refractivity contribution in [3.05, 3.63) is 0 Å². The van der Waals surface area contributed by atoms with Crippen molar-refractivity contribution in [3.63, 3.8) is 0 Å². The molecule has 2 unspecified atom stereocenters. The van der Waals surface area contributed by atoms with Gasteiger partial charge in [-0.15, -0.1) is 0 Å². The predicted octanol–water partition coefficient (Wildman–Crippen LogP) is 2.45. The van der Waals surface area contributed by atoms with Crippen LogP contribution < -0.4 is 5.32 Å². The van der Waals surface area contributed by atoms with Gasteiger partial charge in [0.1, 0.15) is 0 Å². The van der Waals surface area contributed by atoms with Gasteiger partial charge in [-0.1, -0.05) is 13.8 Å². The fourth-order valence-electron chi connectivity index (χ4n) is 2.45. The zero-order chi connectivity index (χ0) is 12.0. The van der Waals surface area contributed by atoms with Gasteiger partial charge in [-0.2, -0.15) is 11.8 Å². The van der Waals surface area contributed by atoms with Crippen LogP contribution in [-0.4, -0.2) is 48.6 Å². The van der Waals surface area contributed by atoms with Crippen LogP contribution in [0.5, 0.6) is 0 Å². The van der Waals surface area contributed by atoms with Gasteiger partial charge in [0.25, 0.3) is 0 Å². The average molecular weight is 244 g/mol. The Morgan fingerprint density at radius 2 is 2.12 bits per heavy atom. The van der Waals surface area contributed by atoms with E-state index in [1.54, 1.807) is 0 Å². The third-order valence-corrected chi connectivity index (χ3v) is 4.05. The van der Waals surface area contributed by atoms with Crippen LogP contribution in [0.25, 0.3) is 0 Å². The lowest BCUT2D eigenvalue weighted by Gasteiger charge is -2.38. The Hall–Kier alpha value is 0.270. The molecule has 96 valence electrons. The first-order chi connectivity index (χ1) is 7.63. The minimum Gasteiger partial charge on any atom is -0.311 e. The van der Waals surface area contributed by atoms with E-state index in [2.05, 4.69) is 37.2 Å². The monoisotopic (exact) mass is 244 g/mol. The van der Waals surface area contributed by atoms with Crippen molar-refractivity contribution in [2.24, 2.45) is 5.92 Å². The maximum Gasteiger partial charge on any atom is 0.0198 e. The van der Waals surface area contributed by atoms with Crippen molar-refractivity contribution in [2.45, 2.75) is 45.7 Å². The summed E-state index contributed by atoms with van der Waals surface area (Å²) in [5.41, 5.74) is 0. The molecule has 0 aromatic rings. The van der Waals surface area contributed by atoms with Crippen molar-refractivity contribution >= 4 is 11.8 Å². The van der Waals surface area contributed by atoms with Gasteiger partial charge in [0.15, 0.2) is 0 Å². The number of thioether (sulfide) groups is 1. The molecule has 1 saturated heterocycles. The Kier molecular flexibility index (Phi) is 6.78. The second kappa shape index (κ2) is 7.57. The largest absolute Gasteiger partial charge is 0.311 e. The van der Waals surface area contributed by atoms with E-state index < -0.39 is 0 Å². The summed E-state index contributed by atoms with van der Waals surface area (Å²) in [4.78, 5) is 2.67. The first-order valence-corrected chi connectivity index (χ1v) is 7.99. The number of nitrogens with one attached hydrogen (secondary N) is 1. The molecule has 1 N–H and O–H groups in total. The van der Waals surface area contributed by atoms with Gasteiger partial charge in [-0.25, -0.2) is 0 Å². The van der Waals surface area contributed by atoms with E-state index in [0.717, 1.165) is 12.0 Å². The summed E-state index contributed by atoms with van der Waals surface area (Å²) in [6, 6.07) is 1.47. The summed E-state index contributed by atoms with van der Waals surface area (Å²) in [6.45, 7) is 10.7. The molecule has 0 radical (unpaired) electrons. The van der Waals surface area contributed by atoms with E-state index in [-0.39, 0.29) is 0 Å². The van der Waals surface area contributed by atoms with Crippen LogP contribution in [0.2, 0.25) is 0 Å². The van der Waals surface area contributed by atoms with Gasteiger partial charge in [0.2, 0.25) is 0 Å². The van der Waals surface area contributed by atoms with E-state index in [9.17, 15) is 0 Å². The molecule has 0 aliphatic carbocycles. The highest BCUT2D eigenvalue weighted by Crippen LogP contribution is 2.14. The van der Waals surface area contributed by atoms with E-state index in [1.807, 2.05) is 11.8 Å². The van der Waals surface area contributed by atoms with Crippen molar-refractivity contribution < 1.29 is 0 Å². The molecule has 0 aromatic carbocycles. The van der Waals surface area contributed by atoms with Crippen LogP contribution in [0, 0.1) is 5.92 Å². The molecule has 1 aliphatic rings. The van der Waals surface area contributed by atoms with E-state index in [4.69, 9.17) is 0 Å². The predicted molar refractivity (Wildman–Crippen MR) is 75.3 cm³/mol.